The highest BCUT2D eigenvalue weighted by Gasteiger charge is 2.22. The van der Waals surface area contributed by atoms with Crippen LogP contribution in [0.5, 0.6) is 0 Å². The third-order valence-electron chi connectivity index (χ3n) is 4.88. The van der Waals surface area contributed by atoms with Crippen LogP contribution in [0.2, 0.25) is 0 Å². The van der Waals surface area contributed by atoms with E-state index in [2.05, 4.69) is 15.2 Å². The number of aromatic nitrogens is 3. The largest absolute Gasteiger partial charge is 0.348 e. The van der Waals surface area contributed by atoms with Crippen LogP contribution in [0.3, 0.4) is 0 Å². The monoisotopic (exact) mass is 417 g/mol. The van der Waals surface area contributed by atoms with Crippen molar-refractivity contribution in [1.29, 1.82) is 0 Å². The lowest BCUT2D eigenvalue weighted by Gasteiger charge is -2.12. The van der Waals surface area contributed by atoms with E-state index < -0.39 is 17.4 Å². The van der Waals surface area contributed by atoms with E-state index in [9.17, 15) is 18.8 Å². The van der Waals surface area contributed by atoms with Gasteiger partial charge in [-0.3, -0.25) is 18.7 Å². The molecular formula is C19H20FN5O3S. The zero-order valence-corrected chi connectivity index (χ0v) is 16.7. The van der Waals surface area contributed by atoms with Gasteiger partial charge < -0.3 is 10.2 Å². The highest BCUT2D eigenvalue weighted by molar-refractivity contribution is 7.22. The fourth-order valence-electron chi connectivity index (χ4n) is 3.41. The van der Waals surface area contributed by atoms with Crippen molar-refractivity contribution in [2.75, 3.05) is 23.3 Å². The standard InChI is InChI=1S/C19H20FN5O3S/c1-2-24-17(27)15-16(22-18(29-15)23-9-3-4-10-23)25(19(24)28)11-14(26)21-13-7-5-12(20)6-8-13/h5-8H,2-4,9-11H2,1H3,(H,21,26). The van der Waals surface area contributed by atoms with Gasteiger partial charge in [-0.2, -0.15) is 0 Å². The normalized spacial score (nSPS) is 13.9. The molecule has 0 aliphatic carbocycles. The van der Waals surface area contributed by atoms with Crippen molar-refractivity contribution >= 4 is 38.4 Å². The highest BCUT2D eigenvalue weighted by atomic mass is 32.1. The number of thiazole rings is 1. The van der Waals surface area contributed by atoms with Gasteiger partial charge in [-0.05, 0) is 44.0 Å². The zero-order valence-electron chi connectivity index (χ0n) is 15.9. The molecule has 0 spiro atoms. The number of anilines is 2. The van der Waals surface area contributed by atoms with Gasteiger partial charge in [0.15, 0.2) is 10.8 Å². The number of nitrogens with zero attached hydrogens (tertiary/aromatic N) is 4. The number of amides is 1. The fraction of sp³-hybridized carbons (Fsp3) is 0.368. The van der Waals surface area contributed by atoms with Gasteiger partial charge in [-0.1, -0.05) is 11.3 Å². The zero-order chi connectivity index (χ0) is 20.5. The topological polar surface area (TPSA) is 89.2 Å². The average Bonchev–Trinajstić information content (AvgIpc) is 3.37. The van der Waals surface area contributed by atoms with Crippen LogP contribution in [0.1, 0.15) is 19.8 Å². The van der Waals surface area contributed by atoms with Gasteiger partial charge in [-0.15, -0.1) is 0 Å². The Hall–Kier alpha value is -3.01. The molecule has 0 radical (unpaired) electrons. The summed E-state index contributed by atoms with van der Waals surface area (Å²) in [5, 5.41) is 3.33. The van der Waals surface area contributed by atoms with Crippen LogP contribution in [-0.4, -0.2) is 33.1 Å². The highest BCUT2D eigenvalue weighted by Crippen LogP contribution is 2.28. The van der Waals surface area contributed by atoms with E-state index in [0.717, 1.165) is 30.5 Å². The Kier molecular flexibility index (Phi) is 5.18. The van der Waals surface area contributed by atoms with Gasteiger partial charge in [0.05, 0.1) is 0 Å². The van der Waals surface area contributed by atoms with Crippen LogP contribution < -0.4 is 21.5 Å². The molecule has 1 N–H and O–H groups in total. The predicted octanol–water partition coefficient (Wildman–Crippen LogP) is 2.02. The van der Waals surface area contributed by atoms with Crippen LogP contribution in [-0.2, 0) is 17.9 Å². The van der Waals surface area contributed by atoms with Crippen LogP contribution in [0, 0.1) is 5.82 Å². The van der Waals surface area contributed by atoms with E-state index in [0.29, 0.717) is 15.5 Å². The van der Waals surface area contributed by atoms with Gasteiger partial charge >= 0.3 is 5.69 Å². The molecule has 3 heterocycles. The van der Waals surface area contributed by atoms with Crippen molar-refractivity contribution in [3.8, 4) is 0 Å². The molecule has 4 rings (SSSR count). The van der Waals surface area contributed by atoms with E-state index in [1.807, 2.05) is 0 Å². The number of carbonyl (C=O) groups excluding carboxylic acids is 1. The molecule has 3 aromatic rings. The number of rotatable bonds is 5. The van der Waals surface area contributed by atoms with Gasteiger partial charge in [-0.25, -0.2) is 14.2 Å². The van der Waals surface area contributed by atoms with Gasteiger partial charge in [0, 0.05) is 25.3 Å². The minimum absolute atomic E-state index is 0.199. The molecule has 8 nitrogen and oxygen atoms in total. The van der Waals surface area contributed by atoms with Crippen LogP contribution in [0.15, 0.2) is 33.9 Å². The molecule has 0 unspecified atom stereocenters. The van der Waals surface area contributed by atoms with Crippen LogP contribution >= 0.6 is 11.3 Å². The first-order chi connectivity index (χ1) is 14.0. The van der Waals surface area contributed by atoms with Gasteiger partial charge in [0.1, 0.15) is 17.1 Å². The molecule has 1 saturated heterocycles. The molecule has 1 fully saturated rings. The minimum atomic E-state index is -0.572. The van der Waals surface area contributed by atoms with Crippen molar-refractivity contribution in [2.45, 2.75) is 32.9 Å². The van der Waals surface area contributed by atoms with Crippen molar-refractivity contribution in [1.82, 2.24) is 14.1 Å². The number of hydrogen-bond acceptors (Lipinski definition) is 6. The minimum Gasteiger partial charge on any atom is -0.348 e. The van der Waals surface area contributed by atoms with Crippen molar-refractivity contribution < 1.29 is 9.18 Å². The van der Waals surface area contributed by atoms with E-state index in [-0.39, 0.29) is 24.3 Å². The molecular weight excluding hydrogens is 397 g/mol. The molecule has 1 aliphatic rings. The maximum absolute atomic E-state index is 13.0. The SMILES string of the molecule is CCn1c(=O)c2sc(N3CCCC3)nc2n(CC(=O)Nc2ccc(F)cc2)c1=O. The Labute approximate surface area is 169 Å². The second-order valence-electron chi connectivity index (χ2n) is 6.82. The Morgan fingerprint density at radius 2 is 1.86 bits per heavy atom. The second kappa shape index (κ2) is 7.78. The quantitative estimate of drug-likeness (QED) is 0.686. The van der Waals surface area contributed by atoms with E-state index >= 15 is 0 Å². The molecule has 1 aliphatic heterocycles. The molecule has 1 amide bonds. The first-order valence-corrected chi connectivity index (χ1v) is 10.2. The van der Waals surface area contributed by atoms with Gasteiger partial charge in [0.2, 0.25) is 5.91 Å². The molecule has 0 saturated carbocycles. The third-order valence-corrected chi connectivity index (χ3v) is 5.97. The Balaban J connectivity index is 1.73. The van der Waals surface area contributed by atoms with Crippen molar-refractivity contribution in [2.24, 2.45) is 0 Å². The first-order valence-electron chi connectivity index (χ1n) is 9.42. The number of hydrogen-bond donors (Lipinski definition) is 1. The van der Waals surface area contributed by atoms with Crippen molar-refractivity contribution in [3.05, 3.63) is 50.9 Å². The van der Waals surface area contributed by atoms with E-state index in [1.54, 1.807) is 6.92 Å². The fourth-order valence-corrected chi connectivity index (χ4v) is 4.48. The lowest BCUT2D eigenvalue weighted by atomic mass is 10.3. The summed E-state index contributed by atoms with van der Waals surface area (Å²) in [5.74, 6) is -0.870. The van der Waals surface area contributed by atoms with Crippen LogP contribution in [0.4, 0.5) is 15.2 Å². The number of benzene rings is 1. The molecule has 0 atom stereocenters. The third kappa shape index (κ3) is 3.67. The Bertz CT molecular complexity index is 1180. The molecule has 10 heteroatoms. The Morgan fingerprint density at radius 1 is 1.17 bits per heavy atom. The summed E-state index contributed by atoms with van der Waals surface area (Å²) in [6, 6.07) is 5.35. The summed E-state index contributed by atoms with van der Waals surface area (Å²) in [6.45, 7) is 3.33. The summed E-state index contributed by atoms with van der Waals surface area (Å²) in [6.07, 6.45) is 2.12. The Morgan fingerprint density at radius 3 is 2.52 bits per heavy atom. The number of nitrogens with one attached hydrogen (secondary N) is 1. The number of fused-ring (bicyclic) bond motifs is 1. The molecule has 152 valence electrons. The maximum atomic E-state index is 13.0. The van der Waals surface area contributed by atoms with E-state index in [4.69, 9.17) is 0 Å². The maximum Gasteiger partial charge on any atom is 0.333 e. The van der Waals surface area contributed by atoms with E-state index in [1.165, 1.54) is 40.2 Å². The smallest absolute Gasteiger partial charge is 0.333 e. The lowest BCUT2D eigenvalue weighted by molar-refractivity contribution is -0.116. The van der Waals surface area contributed by atoms with Crippen LogP contribution in [0.25, 0.3) is 10.3 Å². The average molecular weight is 417 g/mol. The second-order valence-corrected chi connectivity index (χ2v) is 7.79. The molecule has 1 aromatic carbocycles. The van der Waals surface area contributed by atoms with Crippen molar-refractivity contribution in [3.63, 3.8) is 0 Å². The number of halogens is 1. The van der Waals surface area contributed by atoms with Gasteiger partial charge in [0.25, 0.3) is 5.56 Å². The summed E-state index contributed by atoms with van der Waals surface area (Å²) in [4.78, 5) is 44.7. The molecule has 0 bridgehead atoms. The summed E-state index contributed by atoms with van der Waals surface area (Å²) in [7, 11) is 0. The predicted molar refractivity (Wildman–Crippen MR) is 110 cm³/mol. The first kappa shape index (κ1) is 19.3. The summed E-state index contributed by atoms with van der Waals surface area (Å²) >= 11 is 1.25. The summed E-state index contributed by atoms with van der Waals surface area (Å²) in [5.41, 5.74) is -0.311. The summed E-state index contributed by atoms with van der Waals surface area (Å²) < 4.78 is 15.8. The number of carbonyl (C=O) groups is 1. The lowest BCUT2D eigenvalue weighted by Crippen LogP contribution is -2.41. The molecule has 29 heavy (non-hydrogen) atoms. The molecule has 2 aromatic heterocycles.